The van der Waals surface area contributed by atoms with Crippen LogP contribution in [0, 0.1) is 6.92 Å². The summed E-state index contributed by atoms with van der Waals surface area (Å²) in [7, 11) is 0. The predicted octanol–water partition coefficient (Wildman–Crippen LogP) is 1.74. The molecule has 0 saturated heterocycles. The molecule has 3 nitrogen and oxygen atoms in total. The topological polar surface area (TPSA) is 50.2 Å². The Morgan fingerprint density at radius 1 is 1.73 bits per heavy atom. The molecule has 1 N–H and O–H groups in total. The minimum atomic E-state index is -0.250. The molecule has 0 atom stereocenters. The molecular weight excluding hydrogens is 166 g/mol. The van der Waals surface area contributed by atoms with Gasteiger partial charge in [0.2, 0.25) is 0 Å². The van der Waals surface area contributed by atoms with Crippen molar-refractivity contribution in [3.05, 3.63) is 29.0 Å². The maximum absolute atomic E-state index is 8.36. The lowest BCUT2D eigenvalue weighted by Crippen LogP contribution is -1.75. The molecule has 11 heavy (non-hydrogen) atoms. The van der Waals surface area contributed by atoms with Crippen LogP contribution in [0.15, 0.2) is 18.3 Å². The van der Waals surface area contributed by atoms with Crippen LogP contribution in [0.5, 0.6) is 0 Å². The average molecular weight is 174 g/mol. The highest BCUT2D eigenvalue weighted by Gasteiger charge is 1.88. The van der Waals surface area contributed by atoms with E-state index in [1.165, 1.54) is 0 Å². The molecule has 0 radical (unpaired) electrons. The van der Waals surface area contributed by atoms with Gasteiger partial charge in [0.1, 0.15) is 5.15 Å². The Hall–Kier alpha value is -1.09. The number of carboxylic acid groups (broad SMARTS) is 1. The van der Waals surface area contributed by atoms with Crippen molar-refractivity contribution in [2.45, 2.75) is 6.92 Å². The summed E-state index contributed by atoms with van der Waals surface area (Å²) in [4.78, 5) is 12.2. The Labute approximate surface area is 69.6 Å². The zero-order chi connectivity index (χ0) is 8.69. The van der Waals surface area contributed by atoms with Gasteiger partial charge in [0.15, 0.2) is 0 Å². The summed E-state index contributed by atoms with van der Waals surface area (Å²) < 4.78 is 0. The van der Waals surface area contributed by atoms with E-state index >= 15 is 0 Å². The first kappa shape index (κ1) is 9.91. The van der Waals surface area contributed by atoms with E-state index < -0.39 is 0 Å². The van der Waals surface area contributed by atoms with Crippen LogP contribution in [0.1, 0.15) is 5.56 Å². The van der Waals surface area contributed by atoms with Crippen LogP contribution in [0.4, 0.5) is 0 Å². The monoisotopic (exact) mass is 173 g/mol. The molecule has 60 valence electrons. The quantitative estimate of drug-likeness (QED) is 0.480. The zero-order valence-electron chi connectivity index (χ0n) is 5.99. The molecule has 1 heterocycles. The summed E-state index contributed by atoms with van der Waals surface area (Å²) in [5, 5.41) is 7.48. The van der Waals surface area contributed by atoms with Gasteiger partial charge in [0.05, 0.1) is 0 Å². The number of aryl methyl sites for hydroxylation is 1. The van der Waals surface area contributed by atoms with Gasteiger partial charge in [-0.3, -0.25) is 4.79 Å². The molecule has 0 spiro atoms. The van der Waals surface area contributed by atoms with Crippen LogP contribution in [0.3, 0.4) is 0 Å². The van der Waals surface area contributed by atoms with E-state index in [4.69, 9.17) is 21.5 Å². The molecule has 1 aromatic rings. The Kier molecular flexibility index (Phi) is 5.11. The summed E-state index contributed by atoms with van der Waals surface area (Å²) >= 11 is 5.60. The van der Waals surface area contributed by atoms with Gasteiger partial charge in [0.25, 0.3) is 6.47 Å². The second kappa shape index (κ2) is 5.68. The van der Waals surface area contributed by atoms with Crippen molar-refractivity contribution in [1.82, 2.24) is 4.98 Å². The van der Waals surface area contributed by atoms with E-state index in [-0.39, 0.29) is 6.47 Å². The largest absolute Gasteiger partial charge is 0.483 e. The van der Waals surface area contributed by atoms with E-state index in [2.05, 4.69) is 4.98 Å². The van der Waals surface area contributed by atoms with Crippen LogP contribution in [-0.4, -0.2) is 16.6 Å². The van der Waals surface area contributed by atoms with Gasteiger partial charge in [0, 0.05) is 6.20 Å². The third-order valence-electron chi connectivity index (χ3n) is 0.946. The smallest absolute Gasteiger partial charge is 0.290 e. The minimum absolute atomic E-state index is 0.250. The number of hydrogen-bond donors (Lipinski definition) is 1. The number of halogens is 1. The van der Waals surface area contributed by atoms with Gasteiger partial charge in [-0.25, -0.2) is 4.98 Å². The van der Waals surface area contributed by atoms with Crippen molar-refractivity contribution in [2.24, 2.45) is 0 Å². The highest BCUT2D eigenvalue weighted by molar-refractivity contribution is 6.30. The van der Waals surface area contributed by atoms with E-state index in [1.807, 2.05) is 19.1 Å². The summed E-state index contributed by atoms with van der Waals surface area (Å²) in [6.45, 7) is 1.68. The first-order valence-corrected chi connectivity index (χ1v) is 3.25. The highest BCUT2D eigenvalue weighted by atomic mass is 35.5. The zero-order valence-corrected chi connectivity index (χ0v) is 6.75. The van der Waals surface area contributed by atoms with Crippen LogP contribution in [0.25, 0.3) is 0 Å². The Bertz CT molecular complexity index is 206. The molecule has 0 saturated carbocycles. The average Bonchev–Trinajstić information content (AvgIpc) is 1.97. The van der Waals surface area contributed by atoms with Gasteiger partial charge >= 0.3 is 0 Å². The Morgan fingerprint density at radius 2 is 2.27 bits per heavy atom. The van der Waals surface area contributed by atoms with Crippen LogP contribution in [-0.2, 0) is 4.79 Å². The van der Waals surface area contributed by atoms with Crippen molar-refractivity contribution in [1.29, 1.82) is 0 Å². The van der Waals surface area contributed by atoms with Crippen molar-refractivity contribution in [3.8, 4) is 0 Å². The van der Waals surface area contributed by atoms with E-state index in [0.717, 1.165) is 5.56 Å². The van der Waals surface area contributed by atoms with Crippen molar-refractivity contribution in [3.63, 3.8) is 0 Å². The molecule has 0 aliphatic heterocycles. The molecule has 0 aliphatic rings. The summed E-state index contributed by atoms with van der Waals surface area (Å²) in [5.41, 5.74) is 1.02. The lowest BCUT2D eigenvalue weighted by molar-refractivity contribution is -0.122. The Morgan fingerprint density at radius 3 is 2.55 bits per heavy atom. The number of carbonyl (C=O) groups is 1. The minimum Gasteiger partial charge on any atom is -0.483 e. The number of nitrogens with zero attached hydrogens (tertiary/aromatic N) is 1. The number of aromatic nitrogens is 1. The molecular formula is C7H8ClNO2. The van der Waals surface area contributed by atoms with Gasteiger partial charge in [-0.2, -0.15) is 0 Å². The van der Waals surface area contributed by atoms with Gasteiger partial charge in [-0.05, 0) is 18.6 Å². The summed E-state index contributed by atoms with van der Waals surface area (Å²) in [5.74, 6) is 0. The molecule has 0 fully saturated rings. The normalized spacial score (nSPS) is 7.82. The number of hydrogen-bond acceptors (Lipinski definition) is 2. The standard InChI is InChI=1S/C6H6ClN.CH2O2/c1-5-3-2-4-8-6(5)7;2-1-3/h2-4H,1H3;1H,(H,2,3). The van der Waals surface area contributed by atoms with E-state index in [1.54, 1.807) is 6.20 Å². The second-order valence-corrected chi connectivity index (χ2v) is 2.07. The van der Waals surface area contributed by atoms with Crippen molar-refractivity contribution < 1.29 is 9.90 Å². The van der Waals surface area contributed by atoms with Crippen LogP contribution in [0.2, 0.25) is 5.15 Å². The third-order valence-corrected chi connectivity index (χ3v) is 1.34. The maximum Gasteiger partial charge on any atom is 0.290 e. The molecule has 0 bridgehead atoms. The van der Waals surface area contributed by atoms with Gasteiger partial charge in [-0.1, -0.05) is 17.7 Å². The lowest BCUT2D eigenvalue weighted by Gasteiger charge is -1.89. The molecule has 0 aromatic carbocycles. The first-order valence-electron chi connectivity index (χ1n) is 2.87. The lowest BCUT2D eigenvalue weighted by atomic mass is 10.3. The summed E-state index contributed by atoms with van der Waals surface area (Å²) in [6.07, 6.45) is 1.68. The van der Waals surface area contributed by atoms with E-state index in [9.17, 15) is 0 Å². The number of pyridine rings is 1. The molecule has 0 amide bonds. The molecule has 0 aliphatic carbocycles. The highest BCUT2D eigenvalue weighted by Crippen LogP contribution is 2.07. The third kappa shape index (κ3) is 4.33. The summed E-state index contributed by atoms with van der Waals surface area (Å²) in [6, 6.07) is 3.79. The van der Waals surface area contributed by atoms with Gasteiger partial charge in [-0.15, -0.1) is 0 Å². The van der Waals surface area contributed by atoms with Gasteiger partial charge < -0.3 is 5.11 Å². The second-order valence-electron chi connectivity index (χ2n) is 1.72. The number of rotatable bonds is 0. The van der Waals surface area contributed by atoms with Crippen molar-refractivity contribution in [2.75, 3.05) is 0 Å². The predicted molar refractivity (Wildman–Crippen MR) is 42.7 cm³/mol. The van der Waals surface area contributed by atoms with Crippen molar-refractivity contribution >= 4 is 18.1 Å². The fourth-order valence-corrected chi connectivity index (χ4v) is 0.586. The maximum atomic E-state index is 8.36. The fraction of sp³-hybridized carbons (Fsp3) is 0.143. The molecule has 1 aromatic heterocycles. The molecule has 1 rings (SSSR count). The van der Waals surface area contributed by atoms with Crippen LogP contribution < -0.4 is 0 Å². The molecule has 4 heteroatoms. The fourth-order valence-electron chi connectivity index (χ4n) is 0.466. The first-order chi connectivity index (χ1) is 5.22. The van der Waals surface area contributed by atoms with E-state index in [0.29, 0.717) is 5.15 Å². The SMILES string of the molecule is Cc1cccnc1Cl.O=CO. The van der Waals surface area contributed by atoms with Crippen LogP contribution >= 0.6 is 11.6 Å². The Balaban J connectivity index is 0.000000292. The molecule has 0 unspecified atom stereocenters.